The van der Waals surface area contributed by atoms with E-state index < -0.39 is 5.54 Å². The molecule has 0 spiro atoms. The summed E-state index contributed by atoms with van der Waals surface area (Å²) in [6, 6.07) is 5.22. The van der Waals surface area contributed by atoms with Crippen LogP contribution in [0.5, 0.6) is 0 Å². The Hall–Kier alpha value is -0.570. The molecule has 1 saturated carbocycles. The fraction of sp³-hybridized carbons (Fsp3) is 0.364. The summed E-state index contributed by atoms with van der Waals surface area (Å²) in [5.41, 5.74) is 6.10. The molecule has 1 fully saturated rings. The first-order chi connectivity index (χ1) is 7.01. The monoisotopic (exact) mass is 243 g/mol. The molecular formula is C11H11Cl2NO. The summed E-state index contributed by atoms with van der Waals surface area (Å²) < 4.78 is 0. The molecule has 0 atom stereocenters. The number of nitrogens with two attached hydrogens (primary N) is 1. The zero-order chi connectivity index (χ0) is 11.1. The van der Waals surface area contributed by atoms with Crippen LogP contribution in [-0.4, -0.2) is 11.3 Å². The molecule has 0 aromatic heterocycles. The summed E-state index contributed by atoms with van der Waals surface area (Å²) in [6.45, 7) is 0. The fourth-order valence-corrected chi connectivity index (χ4v) is 1.75. The van der Waals surface area contributed by atoms with Crippen molar-refractivity contribution in [2.45, 2.75) is 24.8 Å². The minimum atomic E-state index is -0.563. The summed E-state index contributed by atoms with van der Waals surface area (Å²) in [4.78, 5) is 11.7. The SMILES string of the molecule is NC1(C(=O)Cc2ccc(Cl)c(Cl)c2)CC1. The van der Waals surface area contributed by atoms with Crippen molar-refractivity contribution in [1.29, 1.82) is 0 Å². The standard InChI is InChI=1S/C11H11Cl2NO/c12-8-2-1-7(5-9(8)13)6-10(15)11(14)3-4-11/h1-2,5H,3-4,6,14H2. The van der Waals surface area contributed by atoms with Gasteiger partial charge in [0, 0.05) is 6.42 Å². The summed E-state index contributed by atoms with van der Waals surface area (Å²) in [6.07, 6.45) is 1.94. The number of halogens is 2. The van der Waals surface area contributed by atoms with Crippen LogP contribution in [0.3, 0.4) is 0 Å². The number of Topliss-reactive ketones (excluding diaryl/α,β-unsaturated/α-hetero) is 1. The maximum absolute atomic E-state index is 11.7. The topological polar surface area (TPSA) is 43.1 Å². The van der Waals surface area contributed by atoms with Gasteiger partial charge in [0.05, 0.1) is 15.6 Å². The smallest absolute Gasteiger partial charge is 0.156 e. The van der Waals surface area contributed by atoms with Crippen LogP contribution in [0, 0.1) is 0 Å². The zero-order valence-electron chi connectivity index (χ0n) is 8.09. The van der Waals surface area contributed by atoms with Gasteiger partial charge in [-0.3, -0.25) is 4.79 Å². The van der Waals surface area contributed by atoms with Crippen LogP contribution < -0.4 is 5.73 Å². The van der Waals surface area contributed by atoms with E-state index in [1.54, 1.807) is 18.2 Å². The average molecular weight is 244 g/mol. The minimum Gasteiger partial charge on any atom is -0.319 e. The Balaban J connectivity index is 2.11. The first-order valence-electron chi connectivity index (χ1n) is 4.77. The number of rotatable bonds is 3. The van der Waals surface area contributed by atoms with Gasteiger partial charge in [-0.15, -0.1) is 0 Å². The van der Waals surface area contributed by atoms with Crippen molar-refractivity contribution in [2.75, 3.05) is 0 Å². The molecule has 0 saturated heterocycles. The Morgan fingerprint density at radius 3 is 2.53 bits per heavy atom. The summed E-state index contributed by atoms with van der Waals surface area (Å²) in [5, 5.41) is 0.977. The Labute approximate surface area is 98.4 Å². The third-order valence-electron chi connectivity index (χ3n) is 2.69. The molecule has 15 heavy (non-hydrogen) atoms. The van der Waals surface area contributed by atoms with Crippen LogP contribution >= 0.6 is 23.2 Å². The van der Waals surface area contributed by atoms with Crippen LogP contribution in [0.2, 0.25) is 10.0 Å². The average Bonchev–Trinajstić information content (AvgIpc) is 2.92. The second kappa shape index (κ2) is 3.78. The number of benzene rings is 1. The minimum absolute atomic E-state index is 0.0842. The van der Waals surface area contributed by atoms with Gasteiger partial charge >= 0.3 is 0 Å². The van der Waals surface area contributed by atoms with Crippen molar-refractivity contribution in [3.63, 3.8) is 0 Å². The highest BCUT2D eigenvalue weighted by Crippen LogP contribution is 2.34. The van der Waals surface area contributed by atoms with E-state index in [0.717, 1.165) is 18.4 Å². The van der Waals surface area contributed by atoms with Crippen LogP contribution in [-0.2, 0) is 11.2 Å². The van der Waals surface area contributed by atoms with Gasteiger partial charge in [-0.25, -0.2) is 0 Å². The lowest BCUT2D eigenvalue weighted by molar-refractivity contribution is -0.120. The van der Waals surface area contributed by atoms with Gasteiger partial charge in [-0.05, 0) is 30.5 Å². The quantitative estimate of drug-likeness (QED) is 0.887. The summed E-state index contributed by atoms with van der Waals surface area (Å²) >= 11 is 11.6. The van der Waals surface area contributed by atoms with Gasteiger partial charge in [0.1, 0.15) is 0 Å². The van der Waals surface area contributed by atoms with Gasteiger partial charge < -0.3 is 5.73 Å². The van der Waals surface area contributed by atoms with E-state index in [0.29, 0.717) is 16.5 Å². The lowest BCUT2D eigenvalue weighted by Gasteiger charge is -2.07. The van der Waals surface area contributed by atoms with Crippen molar-refractivity contribution in [3.8, 4) is 0 Å². The van der Waals surface area contributed by atoms with Crippen LogP contribution in [0.25, 0.3) is 0 Å². The Morgan fingerprint density at radius 2 is 2.00 bits per heavy atom. The number of ketones is 1. The Kier molecular flexibility index (Phi) is 2.75. The van der Waals surface area contributed by atoms with Gasteiger partial charge in [0.2, 0.25) is 0 Å². The van der Waals surface area contributed by atoms with E-state index in [1.165, 1.54) is 0 Å². The van der Waals surface area contributed by atoms with Crippen molar-refractivity contribution in [1.82, 2.24) is 0 Å². The molecule has 1 aromatic carbocycles. The molecule has 0 aliphatic heterocycles. The second-order valence-electron chi connectivity index (χ2n) is 4.00. The van der Waals surface area contributed by atoms with Crippen molar-refractivity contribution >= 4 is 29.0 Å². The van der Waals surface area contributed by atoms with Gasteiger partial charge in [0.25, 0.3) is 0 Å². The molecule has 0 unspecified atom stereocenters. The molecule has 0 amide bonds. The third kappa shape index (κ3) is 2.33. The van der Waals surface area contributed by atoms with E-state index in [-0.39, 0.29) is 5.78 Å². The van der Waals surface area contributed by atoms with Crippen molar-refractivity contribution < 1.29 is 4.79 Å². The lowest BCUT2D eigenvalue weighted by Crippen LogP contribution is -2.33. The van der Waals surface area contributed by atoms with E-state index in [9.17, 15) is 4.79 Å². The molecule has 0 heterocycles. The Morgan fingerprint density at radius 1 is 1.33 bits per heavy atom. The van der Waals surface area contributed by atoms with Crippen LogP contribution in [0.1, 0.15) is 18.4 Å². The van der Waals surface area contributed by atoms with E-state index >= 15 is 0 Å². The molecule has 1 aliphatic carbocycles. The molecule has 0 radical (unpaired) electrons. The second-order valence-corrected chi connectivity index (χ2v) is 4.82. The highest BCUT2D eigenvalue weighted by Gasteiger charge is 2.44. The van der Waals surface area contributed by atoms with Gasteiger partial charge in [0.15, 0.2) is 5.78 Å². The molecule has 1 aromatic rings. The zero-order valence-corrected chi connectivity index (χ0v) is 9.61. The van der Waals surface area contributed by atoms with Crippen LogP contribution in [0.15, 0.2) is 18.2 Å². The predicted octanol–water partition coefficient (Wildman–Crippen LogP) is 2.60. The predicted molar refractivity (Wildman–Crippen MR) is 61.3 cm³/mol. The number of hydrogen-bond donors (Lipinski definition) is 1. The molecular weight excluding hydrogens is 233 g/mol. The maximum atomic E-state index is 11.7. The maximum Gasteiger partial charge on any atom is 0.156 e. The highest BCUT2D eigenvalue weighted by molar-refractivity contribution is 6.42. The molecule has 80 valence electrons. The first-order valence-corrected chi connectivity index (χ1v) is 5.53. The fourth-order valence-electron chi connectivity index (χ4n) is 1.42. The number of carbonyl (C=O) groups excluding carboxylic acids is 1. The molecule has 4 heteroatoms. The van der Waals surface area contributed by atoms with Crippen LogP contribution in [0.4, 0.5) is 0 Å². The summed E-state index contributed by atoms with van der Waals surface area (Å²) in [7, 11) is 0. The lowest BCUT2D eigenvalue weighted by atomic mass is 10.0. The largest absolute Gasteiger partial charge is 0.319 e. The number of carbonyl (C=O) groups is 1. The van der Waals surface area contributed by atoms with Crippen molar-refractivity contribution in [3.05, 3.63) is 33.8 Å². The van der Waals surface area contributed by atoms with Gasteiger partial charge in [-0.1, -0.05) is 29.3 Å². The molecule has 2 rings (SSSR count). The normalized spacial score (nSPS) is 17.5. The molecule has 2 nitrogen and oxygen atoms in total. The van der Waals surface area contributed by atoms with E-state index in [4.69, 9.17) is 28.9 Å². The molecule has 2 N–H and O–H groups in total. The van der Waals surface area contributed by atoms with E-state index in [2.05, 4.69) is 0 Å². The summed E-state index contributed by atoms with van der Waals surface area (Å²) in [5.74, 6) is 0.0842. The van der Waals surface area contributed by atoms with Gasteiger partial charge in [-0.2, -0.15) is 0 Å². The Bertz CT molecular complexity index is 413. The molecule has 0 bridgehead atoms. The van der Waals surface area contributed by atoms with E-state index in [1.807, 2.05) is 0 Å². The van der Waals surface area contributed by atoms with Crippen molar-refractivity contribution in [2.24, 2.45) is 5.73 Å². The highest BCUT2D eigenvalue weighted by atomic mass is 35.5. The first kappa shape index (κ1) is 10.9. The third-order valence-corrected chi connectivity index (χ3v) is 3.43. The molecule has 1 aliphatic rings. The number of hydrogen-bond acceptors (Lipinski definition) is 2.